The van der Waals surface area contributed by atoms with Gasteiger partial charge in [-0.05, 0) is 30.0 Å². The van der Waals surface area contributed by atoms with Gasteiger partial charge in [0.2, 0.25) is 0 Å². The van der Waals surface area contributed by atoms with Crippen LogP contribution in [-0.2, 0) is 0 Å². The van der Waals surface area contributed by atoms with Crippen LogP contribution in [0.15, 0.2) is 59.0 Å². The third kappa shape index (κ3) is 2.00. The molecule has 0 aliphatic heterocycles. The summed E-state index contributed by atoms with van der Waals surface area (Å²) in [6, 6.07) is 11.5. The number of rotatable bonds is 2. The second-order valence-corrected chi connectivity index (χ2v) is 4.67. The number of aromatic nitrogens is 3. The molecule has 1 aromatic carbocycles. The normalized spacial score (nSPS) is 10.7. The zero-order valence-electron chi connectivity index (χ0n) is 9.45. The van der Waals surface area contributed by atoms with Crippen molar-refractivity contribution in [3.8, 4) is 0 Å². The fraction of sp³-hybridized carbons (Fsp3) is 0. The van der Waals surface area contributed by atoms with Crippen molar-refractivity contribution in [2.75, 3.05) is 5.73 Å². The summed E-state index contributed by atoms with van der Waals surface area (Å²) in [6.45, 7) is 0. The van der Waals surface area contributed by atoms with Gasteiger partial charge < -0.3 is 5.73 Å². The minimum atomic E-state index is 0.658. The molecular formula is C13H10N4S. The van der Waals surface area contributed by atoms with Crippen molar-refractivity contribution in [3.63, 3.8) is 0 Å². The van der Waals surface area contributed by atoms with Crippen LogP contribution in [0.5, 0.6) is 0 Å². The summed E-state index contributed by atoms with van der Waals surface area (Å²) < 4.78 is 0. The number of nitrogens with two attached hydrogens (primary N) is 1. The molecular weight excluding hydrogens is 244 g/mol. The molecule has 0 aliphatic carbocycles. The van der Waals surface area contributed by atoms with Crippen LogP contribution in [0.1, 0.15) is 0 Å². The molecule has 5 heteroatoms. The molecule has 0 bridgehead atoms. The summed E-state index contributed by atoms with van der Waals surface area (Å²) in [4.78, 5) is 12.8. The lowest BCUT2D eigenvalue weighted by Crippen LogP contribution is -1.92. The molecule has 2 heterocycles. The quantitative estimate of drug-likeness (QED) is 0.712. The summed E-state index contributed by atoms with van der Waals surface area (Å²) in [6.07, 6.45) is 3.28. The first-order valence-electron chi connectivity index (χ1n) is 5.43. The predicted molar refractivity (Wildman–Crippen MR) is 72.3 cm³/mol. The number of fused-ring (bicyclic) bond motifs is 1. The van der Waals surface area contributed by atoms with Gasteiger partial charge in [-0.15, -0.1) is 0 Å². The van der Waals surface area contributed by atoms with Crippen molar-refractivity contribution < 1.29 is 0 Å². The molecule has 3 aromatic rings. The molecule has 0 radical (unpaired) electrons. The molecule has 2 N–H and O–H groups in total. The maximum atomic E-state index is 5.89. The van der Waals surface area contributed by atoms with Gasteiger partial charge in [0.1, 0.15) is 16.4 Å². The number of para-hydroxylation sites is 1. The third-order valence-electron chi connectivity index (χ3n) is 2.50. The van der Waals surface area contributed by atoms with E-state index in [0.717, 1.165) is 21.0 Å². The van der Waals surface area contributed by atoms with E-state index in [1.165, 1.54) is 11.8 Å². The van der Waals surface area contributed by atoms with Gasteiger partial charge in [0.15, 0.2) is 0 Å². The standard InChI is InChI=1S/C13H10N4S/c14-10-5-3-7-15-13(10)18-12-9-4-1-2-6-11(9)16-8-17-12/h1-8H,14H2. The van der Waals surface area contributed by atoms with Crippen LogP contribution in [0.25, 0.3) is 10.9 Å². The molecule has 0 fully saturated rings. The number of nitrogen functional groups attached to an aromatic ring is 1. The molecule has 0 saturated carbocycles. The molecule has 88 valence electrons. The van der Waals surface area contributed by atoms with Gasteiger partial charge >= 0.3 is 0 Å². The fourth-order valence-corrected chi connectivity index (χ4v) is 2.51. The Hall–Kier alpha value is -2.14. The number of benzene rings is 1. The number of hydrogen-bond donors (Lipinski definition) is 1. The number of anilines is 1. The first-order chi connectivity index (χ1) is 8.84. The average molecular weight is 254 g/mol. The van der Waals surface area contributed by atoms with Crippen molar-refractivity contribution >= 4 is 28.4 Å². The maximum Gasteiger partial charge on any atom is 0.125 e. The minimum Gasteiger partial charge on any atom is -0.397 e. The van der Waals surface area contributed by atoms with Crippen LogP contribution in [0.4, 0.5) is 5.69 Å². The Bertz CT molecular complexity index is 694. The van der Waals surface area contributed by atoms with E-state index < -0.39 is 0 Å². The van der Waals surface area contributed by atoms with Crippen molar-refractivity contribution in [2.45, 2.75) is 10.1 Å². The van der Waals surface area contributed by atoms with Crippen LogP contribution < -0.4 is 5.73 Å². The highest BCUT2D eigenvalue weighted by Crippen LogP contribution is 2.32. The lowest BCUT2D eigenvalue weighted by molar-refractivity contribution is 1.08. The first kappa shape index (κ1) is 11.0. The van der Waals surface area contributed by atoms with E-state index in [4.69, 9.17) is 5.73 Å². The van der Waals surface area contributed by atoms with E-state index in [0.29, 0.717) is 5.69 Å². The molecule has 0 aliphatic rings. The van der Waals surface area contributed by atoms with Crippen molar-refractivity contribution in [1.29, 1.82) is 0 Å². The number of pyridine rings is 1. The Morgan fingerprint density at radius 3 is 2.67 bits per heavy atom. The molecule has 3 rings (SSSR count). The van der Waals surface area contributed by atoms with Crippen LogP contribution in [0.3, 0.4) is 0 Å². The number of hydrogen-bond acceptors (Lipinski definition) is 5. The third-order valence-corrected chi connectivity index (χ3v) is 3.55. The highest BCUT2D eigenvalue weighted by Gasteiger charge is 2.07. The molecule has 18 heavy (non-hydrogen) atoms. The average Bonchev–Trinajstić information content (AvgIpc) is 2.42. The smallest absolute Gasteiger partial charge is 0.125 e. The fourth-order valence-electron chi connectivity index (χ4n) is 1.64. The minimum absolute atomic E-state index is 0.658. The van der Waals surface area contributed by atoms with Gasteiger partial charge in [0.05, 0.1) is 11.2 Å². The molecule has 2 aromatic heterocycles. The van der Waals surface area contributed by atoms with Gasteiger partial charge in [-0.25, -0.2) is 15.0 Å². The Labute approximate surface area is 108 Å². The summed E-state index contributed by atoms with van der Waals surface area (Å²) >= 11 is 1.46. The summed E-state index contributed by atoms with van der Waals surface area (Å²) in [5, 5.41) is 2.64. The molecule has 0 saturated heterocycles. The molecule has 0 atom stereocenters. The molecule has 0 spiro atoms. The molecule has 0 amide bonds. The van der Waals surface area contributed by atoms with E-state index in [2.05, 4.69) is 15.0 Å². The summed E-state index contributed by atoms with van der Waals surface area (Å²) in [5.41, 5.74) is 7.46. The van der Waals surface area contributed by atoms with E-state index in [-0.39, 0.29) is 0 Å². The van der Waals surface area contributed by atoms with Gasteiger partial charge in [-0.1, -0.05) is 18.2 Å². The highest BCUT2D eigenvalue weighted by atomic mass is 32.2. The molecule has 4 nitrogen and oxygen atoms in total. The van der Waals surface area contributed by atoms with Crippen LogP contribution >= 0.6 is 11.8 Å². The first-order valence-corrected chi connectivity index (χ1v) is 6.24. The highest BCUT2D eigenvalue weighted by molar-refractivity contribution is 7.99. The lowest BCUT2D eigenvalue weighted by Gasteiger charge is -2.05. The SMILES string of the molecule is Nc1cccnc1Sc1ncnc2ccccc12. The maximum absolute atomic E-state index is 5.89. The van der Waals surface area contributed by atoms with Crippen LogP contribution in [-0.4, -0.2) is 15.0 Å². The predicted octanol–water partition coefficient (Wildman–Crippen LogP) is 2.76. The Morgan fingerprint density at radius 1 is 0.889 bits per heavy atom. The van der Waals surface area contributed by atoms with E-state index in [9.17, 15) is 0 Å². The van der Waals surface area contributed by atoms with Gasteiger partial charge in [-0.3, -0.25) is 0 Å². The van der Waals surface area contributed by atoms with Crippen LogP contribution in [0.2, 0.25) is 0 Å². The monoisotopic (exact) mass is 254 g/mol. The Morgan fingerprint density at radius 2 is 1.78 bits per heavy atom. The van der Waals surface area contributed by atoms with E-state index in [1.54, 1.807) is 12.5 Å². The van der Waals surface area contributed by atoms with E-state index in [1.807, 2.05) is 36.4 Å². The van der Waals surface area contributed by atoms with Gasteiger partial charge in [0, 0.05) is 11.6 Å². The largest absolute Gasteiger partial charge is 0.397 e. The van der Waals surface area contributed by atoms with Crippen molar-refractivity contribution in [1.82, 2.24) is 15.0 Å². The number of nitrogens with zero attached hydrogens (tertiary/aromatic N) is 3. The Balaban J connectivity index is 2.08. The van der Waals surface area contributed by atoms with Crippen molar-refractivity contribution in [2.24, 2.45) is 0 Å². The Kier molecular flexibility index (Phi) is 2.82. The van der Waals surface area contributed by atoms with E-state index >= 15 is 0 Å². The lowest BCUT2D eigenvalue weighted by atomic mass is 10.2. The topological polar surface area (TPSA) is 64.7 Å². The van der Waals surface area contributed by atoms with Gasteiger partial charge in [-0.2, -0.15) is 0 Å². The summed E-state index contributed by atoms with van der Waals surface area (Å²) in [7, 11) is 0. The summed E-state index contributed by atoms with van der Waals surface area (Å²) in [5.74, 6) is 0. The second kappa shape index (κ2) is 4.62. The van der Waals surface area contributed by atoms with Crippen molar-refractivity contribution in [3.05, 3.63) is 48.9 Å². The van der Waals surface area contributed by atoms with Gasteiger partial charge in [0.25, 0.3) is 0 Å². The zero-order chi connectivity index (χ0) is 12.4. The molecule has 0 unspecified atom stereocenters. The zero-order valence-corrected chi connectivity index (χ0v) is 10.3. The second-order valence-electron chi connectivity index (χ2n) is 3.70. The van der Waals surface area contributed by atoms with Crippen LogP contribution in [0, 0.1) is 0 Å².